The quantitative estimate of drug-likeness (QED) is 0.770. The van der Waals surface area contributed by atoms with Gasteiger partial charge in [0.15, 0.2) is 5.65 Å². The minimum absolute atomic E-state index is 0.204. The van der Waals surface area contributed by atoms with Crippen LogP contribution in [-0.2, 0) is 13.6 Å². The zero-order valence-electron chi connectivity index (χ0n) is 13.6. The second kappa shape index (κ2) is 6.15. The van der Waals surface area contributed by atoms with Crippen LogP contribution in [0.5, 0.6) is 5.75 Å². The lowest BCUT2D eigenvalue weighted by molar-refractivity contribution is 0.0780. The summed E-state index contributed by atoms with van der Waals surface area (Å²) in [4.78, 5) is 32.6. The molecule has 0 saturated heterocycles. The number of aromatic nitrogens is 4. The van der Waals surface area contributed by atoms with Gasteiger partial charge in [-0.1, -0.05) is 6.07 Å². The molecule has 24 heavy (non-hydrogen) atoms. The number of carbonyl (C=O) groups excluding carboxylic acids is 1. The highest BCUT2D eigenvalue weighted by Crippen LogP contribution is 2.28. The molecule has 0 saturated carbocycles. The first-order valence-corrected chi connectivity index (χ1v) is 7.29. The molecule has 0 fully saturated rings. The van der Waals surface area contributed by atoms with E-state index in [2.05, 4.69) is 15.1 Å². The summed E-state index contributed by atoms with van der Waals surface area (Å²) in [5.74, 6) is 0.182. The Hall–Kier alpha value is -3.16. The molecule has 8 heteroatoms. The van der Waals surface area contributed by atoms with Crippen LogP contribution in [0, 0.1) is 0 Å². The lowest BCUT2D eigenvalue weighted by Crippen LogP contribution is -2.28. The van der Waals surface area contributed by atoms with E-state index in [0.29, 0.717) is 28.0 Å². The molecule has 8 nitrogen and oxygen atoms in total. The van der Waals surface area contributed by atoms with Crippen LogP contribution in [0.2, 0.25) is 0 Å². The summed E-state index contributed by atoms with van der Waals surface area (Å²) in [6.07, 6.45) is 3.10. The number of aryl methyl sites for hydroxylation is 1. The van der Waals surface area contributed by atoms with Crippen LogP contribution < -0.4 is 10.3 Å². The van der Waals surface area contributed by atoms with Crippen molar-refractivity contribution in [2.45, 2.75) is 6.54 Å². The highest BCUT2D eigenvalue weighted by atomic mass is 16.5. The Morgan fingerprint density at radius 3 is 2.88 bits per heavy atom. The SMILES string of the molecule is COc1c(C(=O)N(C)Cc2cccc(=O)[nH]2)cnc2c1cnn2C. The van der Waals surface area contributed by atoms with Crippen LogP contribution in [0.3, 0.4) is 0 Å². The molecule has 0 aliphatic heterocycles. The van der Waals surface area contributed by atoms with Gasteiger partial charge >= 0.3 is 0 Å². The van der Waals surface area contributed by atoms with Crippen molar-refractivity contribution in [2.75, 3.05) is 14.2 Å². The molecule has 3 rings (SSSR count). The van der Waals surface area contributed by atoms with E-state index >= 15 is 0 Å². The highest BCUT2D eigenvalue weighted by Gasteiger charge is 2.21. The third-order valence-corrected chi connectivity index (χ3v) is 3.73. The fourth-order valence-corrected chi connectivity index (χ4v) is 2.56. The topological polar surface area (TPSA) is 93.1 Å². The predicted molar refractivity (Wildman–Crippen MR) is 87.9 cm³/mol. The highest BCUT2D eigenvalue weighted by molar-refractivity contribution is 6.01. The van der Waals surface area contributed by atoms with Gasteiger partial charge < -0.3 is 14.6 Å². The molecule has 0 unspecified atom stereocenters. The Labute approximate surface area is 137 Å². The molecule has 3 heterocycles. The van der Waals surface area contributed by atoms with Gasteiger partial charge in [0, 0.05) is 32.1 Å². The van der Waals surface area contributed by atoms with Crippen molar-refractivity contribution in [1.29, 1.82) is 0 Å². The third kappa shape index (κ3) is 2.73. The van der Waals surface area contributed by atoms with E-state index in [4.69, 9.17) is 4.74 Å². The number of hydrogen-bond acceptors (Lipinski definition) is 5. The van der Waals surface area contributed by atoms with E-state index in [-0.39, 0.29) is 18.0 Å². The molecule has 0 aliphatic rings. The van der Waals surface area contributed by atoms with Crippen molar-refractivity contribution in [3.05, 3.63) is 52.2 Å². The van der Waals surface area contributed by atoms with Crippen molar-refractivity contribution in [3.63, 3.8) is 0 Å². The van der Waals surface area contributed by atoms with Gasteiger partial charge in [0.1, 0.15) is 11.3 Å². The predicted octanol–water partition coefficient (Wildman–Crippen LogP) is 0.937. The number of ether oxygens (including phenoxy) is 1. The summed E-state index contributed by atoms with van der Waals surface area (Å²) in [5.41, 5.74) is 1.43. The van der Waals surface area contributed by atoms with Gasteiger partial charge in [-0.05, 0) is 6.07 Å². The first-order valence-electron chi connectivity index (χ1n) is 7.29. The van der Waals surface area contributed by atoms with E-state index in [1.165, 1.54) is 24.3 Å². The molecule has 3 aromatic rings. The summed E-state index contributed by atoms with van der Waals surface area (Å²) < 4.78 is 7.03. The number of carbonyl (C=O) groups is 1. The standard InChI is InChI=1S/C16H17N5O3/c1-20(9-10-5-4-6-13(22)19-10)16(23)12-7-17-15-11(14(12)24-3)8-18-21(15)2/h4-8H,9H2,1-3H3,(H,19,22). The van der Waals surface area contributed by atoms with Crippen LogP contribution >= 0.6 is 0 Å². The maximum absolute atomic E-state index is 12.8. The number of hydrogen-bond donors (Lipinski definition) is 1. The Morgan fingerprint density at radius 2 is 2.17 bits per heavy atom. The number of methoxy groups -OCH3 is 1. The zero-order chi connectivity index (χ0) is 17.3. The Balaban J connectivity index is 1.94. The van der Waals surface area contributed by atoms with Crippen molar-refractivity contribution in [1.82, 2.24) is 24.6 Å². The van der Waals surface area contributed by atoms with Crippen LogP contribution in [0.1, 0.15) is 16.1 Å². The lowest BCUT2D eigenvalue weighted by Gasteiger charge is -2.18. The van der Waals surface area contributed by atoms with Gasteiger partial charge in [-0.3, -0.25) is 14.3 Å². The normalized spacial score (nSPS) is 10.8. The third-order valence-electron chi connectivity index (χ3n) is 3.73. The van der Waals surface area contributed by atoms with Crippen LogP contribution in [-0.4, -0.2) is 44.7 Å². The molecule has 0 aliphatic carbocycles. The van der Waals surface area contributed by atoms with Crippen LogP contribution in [0.4, 0.5) is 0 Å². The second-order valence-electron chi connectivity index (χ2n) is 5.41. The van der Waals surface area contributed by atoms with Crippen molar-refractivity contribution in [2.24, 2.45) is 7.05 Å². The van der Waals surface area contributed by atoms with Crippen LogP contribution in [0.15, 0.2) is 35.4 Å². The molecule has 1 N–H and O–H groups in total. The first-order chi connectivity index (χ1) is 11.5. The zero-order valence-corrected chi connectivity index (χ0v) is 13.6. The van der Waals surface area contributed by atoms with E-state index in [1.54, 1.807) is 37.1 Å². The maximum atomic E-state index is 12.8. The monoisotopic (exact) mass is 327 g/mol. The summed E-state index contributed by atoms with van der Waals surface area (Å²) in [5, 5.41) is 4.81. The molecule has 1 amide bonds. The number of nitrogens with one attached hydrogen (secondary N) is 1. The summed E-state index contributed by atoms with van der Waals surface area (Å²) in [7, 11) is 4.93. The lowest BCUT2D eigenvalue weighted by atomic mass is 10.2. The maximum Gasteiger partial charge on any atom is 0.259 e. The fourth-order valence-electron chi connectivity index (χ4n) is 2.56. The Morgan fingerprint density at radius 1 is 1.38 bits per heavy atom. The minimum Gasteiger partial charge on any atom is -0.495 e. The van der Waals surface area contributed by atoms with Crippen molar-refractivity contribution < 1.29 is 9.53 Å². The second-order valence-corrected chi connectivity index (χ2v) is 5.41. The van der Waals surface area contributed by atoms with Crippen molar-refractivity contribution >= 4 is 16.9 Å². The van der Waals surface area contributed by atoms with Gasteiger partial charge in [0.25, 0.3) is 5.91 Å². The summed E-state index contributed by atoms with van der Waals surface area (Å²) in [6, 6.07) is 4.83. The average molecular weight is 327 g/mol. The molecule has 0 bridgehead atoms. The molecule has 0 spiro atoms. The Bertz CT molecular complexity index is 960. The molecule has 0 aromatic carbocycles. The van der Waals surface area contributed by atoms with Crippen LogP contribution in [0.25, 0.3) is 11.0 Å². The van der Waals surface area contributed by atoms with E-state index in [1.807, 2.05) is 0 Å². The molecule has 0 radical (unpaired) electrons. The van der Waals surface area contributed by atoms with Gasteiger partial charge in [0.05, 0.1) is 25.2 Å². The number of pyridine rings is 2. The number of H-pyrrole nitrogens is 1. The number of nitrogens with zero attached hydrogens (tertiary/aromatic N) is 4. The van der Waals surface area contributed by atoms with Gasteiger partial charge in [-0.2, -0.15) is 5.10 Å². The summed E-state index contributed by atoms with van der Waals surface area (Å²) >= 11 is 0. The number of aromatic amines is 1. The largest absolute Gasteiger partial charge is 0.495 e. The smallest absolute Gasteiger partial charge is 0.259 e. The fraction of sp³-hybridized carbons (Fsp3) is 0.250. The molecule has 124 valence electrons. The van der Waals surface area contributed by atoms with Gasteiger partial charge in [-0.25, -0.2) is 4.98 Å². The molecule has 0 atom stereocenters. The molecular weight excluding hydrogens is 310 g/mol. The van der Waals surface area contributed by atoms with E-state index in [9.17, 15) is 9.59 Å². The first kappa shape index (κ1) is 15.7. The van der Waals surface area contributed by atoms with Crippen molar-refractivity contribution in [3.8, 4) is 5.75 Å². The van der Waals surface area contributed by atoms with E-state index in [0.717, 1.165) is 0 Å². The summed E-state index contributed by atoms with van der Waals surface area (Å²) in [6.45, 7) is 0.267. The molecule has 3 aromatic heterocycles. The number of amides is 1. The number of fused-ring (bicyclic) bond motifs is 1. The minimum atomic E-state index is -0.255. The van der Waals surface area contributed by atoms with Gasteiger partial charge in [-0.15, -0.1) is 0 Å². The number of rotatable bonds is 4. The Kier molecular flexibility index (Phi) is 4.03. The van der Waals surface area contributed by atoms with E-state index < -0.39 is 0 Å². The van der Waals surface area contributed by atoms with Gasteiger partial charge in [0.2, 0.25) is 5.56 Å². The average Bonchev–Trinajstić information content (AvgIpc) is 2.94. The molecular formula is C16H17N5O3.